The van der Waals surface area contributed by atoms with Crippen LogP contribution in [0.1, 0.15) is 26.3 Å². The molecule has 1 saturated heterocycles. The fraction of sp³-hybridized carbons (Fsp3) is 0.600. The van der Waals surface area contributed by atoms with Crippen LogP contribution in [0.2, 0.25) is 5.02 Å². The molecule has 1 aromatic rings. The highest BCUT2D eigenvalue weighted by Crippen LogP contribution is 2.28. The molecule has 0 amide bonds. The van der Waals surface area contributed by atoms with Gasteiger partial charge in [0.25, 0.3) is 0 Å². The lowest BCUT2D eigenvalue weighted by Gasteiger charge is -2.25. The van der Waals surface area contributed by atoms with Crippen molar-refractivity contribution in [3.63, 3.8) is 0 Å². The highest BCUT2D eigenvalue weighted by Gasteiger charge is 2.30. The Morgan fingerprint density at radius 3 is 2.40 bits per heavy atom. The molecule has 112 valence electrons. The first-order chi connectivity index (χ1) is 9.26. The summed E-state index contributed by atoms with van der Waals surface area (Å²) in [5.74, 6) is 0. The number of β-amino-alcohol motifs (C(OH)–C–C–N with tert-alkyl or cyclic N) is 2. The number of aliphatic hydroxyl groups excluding tert-OH is 2. The average molecular weight is 299 g/mol. The SMILES string of the molecule is CC(C)(C)NCc1ccc(Cl)cc1N1CC(O)C(O)C1. The van der Waals surface area contributed by atoms with Gasteiger partial charge in [-0.15, -0.1) is 0 Å². The minimum atomic E-state index is -0.697. The molecule has 0 radical (unpaired) electrons. The van der Waals surface area contributed by atoms with Gasteiger partial charge in [0, 0.05) is 35.9 Å². The molecule has 2 atom stereocenters. The molecule has 0 saturated carbocycles. The van der Waals surface area contributed by atoms with Crippen molar-refractivity contribution in [2.45, 2.75) is 45.1 Å². The number of nitrogens with one attached hydrogen (secondary N) is 1. The Morgan fingerprint density at radius 2 is 1.85 bits per heavy atom. The number of aliphatic hydroxyl groups is 2. The molecule has 0 bridgehead atoms. The summed E-state index contributed by atoms with van der Waals surface area (Å²) in [7, 11) is 0. The van der Waals surface area contributed by atoms with Crippen LogP contribution < -0.4 is 10.2 Å². The summed E-state index contributed by atoms with van der Waals surface area (Å²) >= 11 is 6.09. The number of halogens is 1. The summed E-state index contributed by atoms with van der Waals surface area (Å²) < 4.78 is 0. The zero-order valence-corrected chi connectivity index (χ0v) is 13.0. The first kappa shape index (κ1) is 15.6. The van der Waals surface area contributed by atoms with E-state index in [2.05, 4.69) is 26.1 Å². The summed E-state index contributed by atoms with van der Waals surface area (Å²) in [4.78, 5) is 1.99. The van der Waals surface area contributed by atoms with E-state index in [1.807, 2.05) is 23.1 Å². The van der Waals surface area contributed by atoms with E-state index in [1.165, 1.54) is 0 Å². The van der Waals surface area contributed by atoms with Gasteiger partial charge in [-0.05, 0) is 38.5 Å². The predicted molar refractivity (Wildman–Crippen MR) is 82.3 cm³/mol. The lowest BCUT2D eigenvalue weighted by molar-refractivity contribution is 0.0572. The Labute approximate surface area is 125 Å². The Bertz CT molecular complexity index is 463. The largest absolute Gasteiger partial charge is 0.389 e. The maximum atomic E-state index is 9.71. The molecule has 2 rings (SSSR count). The number of nitrogens with zero attached hydrogens (tertiary/aromatic N) is 1. The smallest absolute Gasteiger partial charge is 0.0990 e. The van der Waals surface area contributed by atoms with Crippen LogP contribution in [-0.2, 0) is 6.54 Å². The number of rotatable bonds is 3. The molecule has 4 nitrogen and oxygen atoms in total. The Balaban J connectivity index is 2.20. The fourth-order valence-corrected chi connectivity index (χ4v) is 2.47. The van der Waals surface area contributed by atoms with Gasteiger partial charge in [-0.25, -0.2) is 0 Å². The zero-order valence-electron chi connectivity index (χ0n) is 12.2. The summed E-state index contributed by atoms with van der Waals surface area (Å²) in [5.41, 5.74) is 2.12. The molecule has 1 fully saturated rings. The molecule has 5 heteroatoms. The van der Waals surface area contributed by atoms with Crippen LogP contribution in [0.25, 0.3) is 0 Å². The molecule has 2 unspecified atom stereocenters. The molecule has 1 aromatic carbocycles. The van der Waals surface area contributed by atoms with Gasteiger partial charge >= 0.3 is 0 Å². The summed E-state index contributed by atoms with van der Waals surface area (Å²) in [6.07, 6.45) is -1.39. The van der Waals surface area contributed by atoms with Crippen LogP contribution in [-0.4, -0.2) is 41.0 Å². The van der Waals surface area contributed by atoms with E-state index in [0.717, 1.165) is 17.8 Å². The van der Waals surface area contributed by atoms with Crippen LogP contribution in [0.5, 0.6) is 0 Å². The van der Waals surface area contributed by atoms with Crippen molar-refractivity contribution in [1.29, 1.82) is 0 Å². The van der Waals surface area contributed by atoms with Gasteiger partial charge in [-0.2, -0.15) is 0 Å². The average Bonchev–Trinajstić information content (AvgIpc) is 2.67. The molecule has 3 N–H and O–H groups in total. The lowest BCUT2D eigenvalue weighted by atomic mass is 10.1. The summed E-state index contributed by atoms with van der Waals surface area (Å²) in [6, 6.07) is 5.76. The van der Waals surface area contributed by atoms with E-state index in [4.69, 9.17) is 11.6 Å². The molecule has 0 aliphatic carbocycles. The number of benzene rings is 1. The third-order valence-electron chi connectivity index (χ3n) is 3.46. The topological polar surface area (TPSA) is 55.7 Å². The first-order valence-electron chi connectivity index (χ1n) is 6.91. The highest BCUT2D eigenvalue weighted by molar-refractivity contribution is 6.30. The number of hydrogen-bond acceptors (Lipinski definition) is 4. The van der Waals surface area contributed by atoms with Crippen molar-refractivity contribution in [3.05, 3.63) is 28.8 Å². The zero-order chi connectivity index (χ0) is 14.9. The highest BCUT2D eigenvalue weighted by atomic mass is 35.5. The fourth-order valence-electron chi connectivity index (χ4n) is 2.31. The van der Waals surface area contributed by atoms with Crippen LogP contribution >= 0.6 is 11.6 Å². The summed E-state index contributed by atoms with van der Waals surface area (Å²) in [5, 5.41) is 23.5. The monoisotopic (exact) mass is 298 g/mol. The molecule has 0 spiro atoms. The quantitative estimate of drug-likeness (QED) is 0.796. The van der Waals surface area contributed by atoms with E-state index in [9.17, 15) is 10.2 Å². The first-order valence-corrected chi connectivity index (χ1v) is 7.28. The van der Waals surface area contributed by atoms with Gasteiger partial charge in [0.2, 0.25) is 0 Å². The lowest BCUT2D eigenvalue weighted by Crippen LogP contribution is -2.35. The second-order valence-electron chi connectivity index (χ2n) is 6.42. The Hall–Kier alpha value is -0.810. The molecule has 1 aliphatic rings. The van der Waals surface area contributed by atoms with Crippen molar-refractivity contribution < 1.29 is 10.2 Å². The van der Waals surface area contributed by atoms with Gasteiger partial charge in [0.15, 0.2) is 0 Å². The molecule has 1 heterocycles. The third kappa shape index (κ3) is 3.85. The van der Waals surface area contributed by atoms with Crippen molar-refractivity contribution in [2.24, 2.45) is 0 Å². The molecular formula is C15H23ClN2O2. The van der Waals surface area contributed by atoms with Crippen molar-refractivity contribution in [3.8, 4) is 0 Å². The predicted octanol–water partition coefficient (Wildman–Crippen LogP) is 1.77. The maximum absolute atomic E-state index is 9.71. The molecule has 1 aliphatic heterocycles. The minimum absolute atomic E-state index is 0.0287. The third-order valence-corrected chi connectivity index (χ3v) is 3.69. The van der Waals surface area contributed by atoms with Gasteiger partial charge in [-0.1, -0.05) is 17.7 Å². The van der Waals surface area contributed by atoms with E-state index >= 15 is 0 Å². The standard InChI is InChI=1S/C15H23ClN2O2/c1-15(2,3)17-7-10-4-5-11(16)6-12(10)18-8-13(19)14(20)9-18/h4-6,13-14,17,19-20H,7-9H2,1-3H3. The van der Waals surface area contributed by atoms with Gasteiger partial charge in [-0.3, -0.25) is 0 Å². The van der Waals surface area contributed by atoms with Crippen molar-refractivity contribution in [1.82, 2.24) is 5.32 Å². The van der Waals surface area contributed by atoms with E-state index in [-0.39, 0.29) is 5.54 Å². The molecular weight excluding hydrogens is 276 g/mol. The second kappa shape index (κ2) is 5.90. The normalized spacial score (nSPS) is 23.4. The van der Waals surface area contributed by atoms with Gasteiger partial charge in [0.05, 0.1) is 12.2 Å². The molecule has 0 aromatic heterocycles. The van der Waals surface area contributed by atoms with Crippen LogP contribution in [0.3, 0.4) is 0 Å². The summed E-state index contributed by atoms with van der Waals surface area (Å²) in [6.45, 7) is 7.94. The van der Waals surface area contributed by atoms with Crippen molar-refractivity contribution in [2.75, 3.05) is 18.0 Å². The van der Waals surface area contributed by atoms with Crippen LogP contribution in [0, 0.1) is 0 Å². The Kier molecular flexibility index (Phi) is 4.59. The van der Waals surface area contributed by atoms with E-state index in [0.29, 0.717) is 18.1 Å². The number of hydrogen-bond donors (Lipinski definition) is 3. The van der Waals surface area contributed by atoms with E-state index < -0.39 is 12.2 Å². The Morgan fingerprint density at radius 1 is 1.25 bits per heavy atom. The minimum Gasteiger partial charge on any atom is -0.389 e. The van der Waals surface area contributed by atoms with Crippen LogP contribution in [0.4, 0.5) is 5.69 Å². The van der Waals surface area contributed by atoms with Gasteiger partial charge in [0.1, 0.15) is 0 Å². The van der Waals surface area contributed by atoms with Gasteiger partial charge < -0.3 is 20.4 Å². The molecule has 20 heavy (non-hydrogen) atoms. The second-order valence-corrected chi connectivity index (χ2v) is 6.85. The maximum Gasteiger partial charge on any atom is 0.0990 e. The number of anilines is 1. The van der Waals surface area contributed by atoms with Crippen molar-refractivity contribution >= 4 is 17.3 Å². The van der Waals surface area contributed by atoms with E-state index in [1.54, 1.807) is 0 Å². The van der Waals surface area contributed by atoms with Crippen LogP contribution in [0.15, 0.2) is 18.2 Å².